The molecule has 0 saturated heterocycles. The van der Waals surface area contributed by atoms with Crippen LogP contribution < -0.4 is 5.32 Å². The second kappa shape index (κ2) is 8.35. The summed E-state index contributed by atoms with van der Waals surface area (Å²) in [5, 5.41) is 16.2. The SMILES string of the molecule is C[C@H](NC(=O)c1cc(Br)cc(C(F)(F)F)c1)c1nc(C2CC2)nn1-c1ccc(C#N)cn1. The molecule has 1 N–H and O–H groups in total. The molecule has 3 aromatic rings. The summed E-state index contributed by atoms with van der Waals surface area (Å²) in [5.41, 5.74) is -0.677. The second-order valence-corrected chi connectivity index (χ2v) is 8.37. The quantitative estimate of drug-likeness (QED) is 0.543. The van der Waals surface area contributed by atoms with Crippen LogP contribution in [0.2, 0.25) is 0 Å². The van der Waals surface area contributed by atoms with Crippen LogP contribution in [0.25, 0.3) is 5.82 Å². The van der Waals surface area contributed by atoms with Crippen LogP contribution >= 0.6 is 15.9 Å². The van der Waals surface area contributed by atoms with E-state index in [4.69, 9.17) is 5.26 Å². The van der Waals surface area contributed by atoms with Gasteiger partial charge in [0.2, 0.25) is 0 Å². The number of nitrogens with one attached hydrogen (secondary N) is 1. The fraction of sp³-hybridized carbons (Fsp3) is 0.286. The Labute approximate surface area is 189 Å². The van der Waals surface area contributed by atoms with Gasteiger partial charge in [-0.2, -0.15) is 23.1 Å². The molecule has 4 rings (SSSR count). The summed E-state index contributed by atoms with van der Waals surface area (Å²) in [4.78, 5) is 21.5. The first-order valence-electron chi connectivity index (χ1n) is 9.67. The zero-order valence-electron chi connectivity index (χ0n) is 16.7. The normalized spacial score (nSPS) is 14.6. The van der Waals surface area contributed by atoms with Crippen molar-refractivity contribution in [3.63, 3.8) is 0 Å². The Kier molecular flexibility index (Phi) is 5.73. The van der Waals surface area contributed by atoms with Gasteiger partial charge < -0.3 is 5.32 Å². The van der Waals surface area contributed by atoms with Crippen molar-refractivity contribution in [2.24, 2.45) is 0 Å². The third-order valence-electron chi connectivity index (χ3n) is 4.91. The molecule has 11 heteroatoms. The number of halogens is 4. The number of rotatable bonds is 5. The number of pyridine rings is 1. The van der Waals surface area contributed by atoms with E-state index in [2.05, 4.69) is 36.3 Å². The molecule has 0 unspecified atom stereocenters. The molecule has 1 aromatic carbocycles. The van der Waals surface area contributed by atoms with Gasteiger partial charge in [-0.25, -0.2) is 9.97 Å². The van der Waals surface area contributed by atoms with E-state index < -0.39 is 23.7 Å². The Bertz CT molecular complexity index is 1210. The van der Waals surface area contributed by atoms with Crippen LogP contribution in [0.1, 0.15) is 64.9 Å². The molecule has 0 bridgehead atoms. The van der Waals surface area contributed by atoms with Gasteiger partial charge >= 0.3 is 6.18 Å². The Hall–Kier alpha value is -3.26. The highest BCUT2D eigenvalue weighted by Crippen LogP contribution is 2.39. The van der Waals surface area contributed by atoms with E-state index in [1.807, 2.05) is 6.07 Å². The fourth-order valence-electron chi connectivity index (χ4n) is 3.11. The van der Waals surface area contributed by atoms with E-state index in [1.54, 1.807) is 19.1 Å². The minimum atomic E-state index is -4.58. The van der Waals surface area contributed by atoms with Crippen molar-refractivity contribution in [1.29, 1.82) is 5.26 Å². The molecular weight excluding hydrogens is 489 g/mol. The first kappa shape index (κ1) is 22.0. The first-order valence-corrected chi connectivity index (χ1v) is 10.5. The third kappa shape index (κ3) is 4.65. The van der Waals surface area contributed by atoms with Gasteiger partial charge in [0.25, 0.3) is 5.91 Å². The van der Waals surface area contributed by atoms with Gasteiger partial charge in [0.05, 0.1) is 17.2 Å². The highest BCUT2D eigenvalue weighted by Gasteiger charge is 2.33. The Morgan fingerprint density at radius 3 is 2.66 bits per heavy atom. The van der Waals surface area contributed by atoms with Crippen LogP contribution in [0.5, 0.6) is 0 Å². The number of carbonyl (C=O) groups excluding carboxylic acids is 1. The largest absolute Gasteiger partial charge is 0.416 e. The number of amides is 1. The van der Waals surface area contributed by atoms with Crippen molar-refractivity contribution >= 4 is 21.8 Å². The highest BCUT2D eigenvalue weighted by atomic mass is 79.9. The topological polar surface area (TPSA) is 96.5 Å². The van der Waals surface area contributed by atoms with Crippen molar-refractivity contribution in [2.45, 2.75) is 37.9 Å². The minimum absolute atomic E-state index is 0.136. The monoisotopic (exact) mass is 504 g/mol. The Balaban J connectivity index is 1.63. The average molecular weight is 505 g/mol. The molecule has 2 aromatic heterocycles. The summed E-state index contributed by atoms with van der Waals surface area (Å²) in [6, 6.07) is 7.56. The van der Waals surface area contributed by atoms with E-state index in [-0.39, 0.29) is 16.0 Å². The molecule has 1 aliphatic rings. The smallest absolute Gasteiger partial charge is 0.342 e. The summed E-state index contributed by atoms with van der Waals surface area (Å²) in [7, 11) is 0. The van der Waals surface area contributed by atoms with E-state index in [9.17, 15) is 18.0 Å². The van der Waals surface area contributed by atoms with Gasteiger partial charge in [-0.3, -0.25) is 4.79 Å². The lowest BCUT2D eigenvalue weighted by molar-refractivity contribution is -0.137. The Morgan fingerprint density at radius 1 is 1.31 bits per heavy atom. The molecule has 0 spiro atoms. The van der Waals surface area contributed by atoms with Crippen molar-refractivity contribution < 1.29 is 18.0 Å². The van der Waals surface area contributed by atoms with Gasteiger partial charge in [0, 0.05) is 22.2 Å². The lowest BCUT2D eigenvalue weighted by Gasteiger charge is -2.15. The van der Waals surface area contributed by atoms with E-state index in [0.717, 1.165) is 25.0 Å². The van der Waals surface area contributed by atoms with Crippen molar-refractivity contribution in [2.75, 3.05) is 0 Å². The molecule has 0 aliphatic heterocycles. The van der Waals surface area contributed by atoms with Crippen LogP contribution in [0.4, 0.5) is 13.2 Å². The first-order chi connectivity index (χ1) is 15.2. The average Bonchev–Trinajstić information content (AvgIpc) is 3.51. The number of benzene rings is 1. The second-order valence-electron chi connectivity index (χ2n) is 7.45. The molecule has 164 valence electrons. The molecule has 1 saturated carbocycles. The summed E-state index contributed by atoms with van der Waals surface area (Å²) >= 11 is 3.03. The lowest BCUT2D eigenvalue weighted by Crippen LogP contribution is -2.29. The molecule has 1 fully saturated rings. The fourth-order valence-corrected chi connectivity index (χ4v) is 3.60. The molecule has 1 amide bonds. The predicted octanol–water partition coefficient (Wildman–Crippen LogP) is 4.68. The zero-order valence-corrected chi connectivity index (χ0v) is 18.3. The maximum absolute atomic E-state index is 13.1. The lowest BCUT2D eigenvalue weighted by atomic mass is 10.1. The standard InChI is InChI=1S/C21H16BrF3N6O/c1-11(28-20(32)14-6-15(21(23,24)25)8-16(22)7-14)19-29-18(13-3-4-13)30-31(19)17-5-2-12(9-26)10-27-17/h2,5-8,10-11,13H,3-4H2,1H3,(H,28,32)/t11-/m0/s1. The molecule has 1 atom stereocenters. The number of hydrogen-bond donors (Lipinski definition) is 1. The summed E-state index contributed by atoms with van der Waals surface area (Å²) < 4.78 is 41.0. The third-order valence-corrected chi connectivity index (χ3v) is 5.37. The number of hydrogen-bond acceptors (Lipinski definition) is 5. The van der Waals surface area contributed by atoms with E-state index in [1.165, 1.54) is 16.9 Å². The summed E-state index contributed by atoms with van der Waals surface area (Å²) in [5.74, 6) is 0.981. The van der Waals surface area contributed by atoms with Crippen LogP contribution in [0.3, 0.4) is 0 Å². The van der Waals surface area contributed by atoms with Gasteiger partial charge in [0.15, 0.2) is 17.5 Å². The Morgan fingerprint density at radius 2 is 2.06 bits per heavy atom. The van der Waals surface area contributed by atoms with E-state index >= 15 is 0 Å². The number of nitriles is 1. The maximum atomic E-state index is 13.1. The molecular formula is C21H16BrF3N6O. The number of aromatic nitrogens is 4. The van der Waals surface area contributed by atoms with Crippen LogP contribution in [-0.4, -0.2) is 25.7 Å². The molecule has 1 aliphatic carbocycles. The number of nitrogens with zero attached hydrogens (tertiary/aromatic N) is 5. The molecule has 32 heavy (non-hydrogen) atoms. The van der Waals surface area contributed by atoms with Gasteiger partial charge in [-0.15, -0.1) is 5.10 Å². The van der Waals surface area contributed by atoms with Gasteiger partial charge in [-0.1, -0.05) is 15.9 Å². The van der Waals surface area contributed by atoms with Crippen LogP contribution in [-0.2, 0) is 6.18 Å². The zero-order chi connectivity index (χ0) is 23.0. The van der Waals surface area contributed by atoms with Crippen molar-refractivity contribution in [1.82, 2.24) is 25.1 Å². The molecule has 0 radical (unpaired) electrons. The predicted molar refractivity (Wildman–Crippen MR) is 111 cm³/mol. The summed E-state index contributed by atoms with van der Waals surface area (Å²) in [6.07, 6.45) is -1.25. The maximum Gasteiger partial charge on any atom is 0.416 e. The van der Waals surface area contributed by atoms with Crippen molar-refractivity contribution in [3.05, 3.63) is 69.3 Å². The van der Waals surface area contributed by atoms with Gasteiger partial charge in [0.1, 0.15) is 6.07 Å². The summed E-state index contributed by atoms with van der Waals surface area (Å²) in [6.45, 7) is 1.67. The molecule has 2 heterocycles. The van der Waals surface area contributed by atoms with Crippen LogP contribution in [0, 0.1) is 11.3 Å². The van der Waals surface area contributed by atoms with Crippen molar-refractivity contribution in [3.8, 4) is 11.9 Å². The van der Waals surface area contributed by atoms with E-state index in [0.29, 0.717) is 23.0 Å². The number of alkyl halides is 3. The van der Waals surface area contributed by atoms with Gasteiger partial charge in [-0.05, 0) is 50.1 Å². The highest BCUT2D eigenvalue weighted by molar-refractivity contribution is 9.10. The number of carbonyl (C=O) groups is 1. The minimum Gasteiger partial charge on any atom is -0.342 e. The molecule has 7 nitrogen and oxygen atoms in total. The van der Waals surface area contributed by atoms with Crippen LogP contribution in [0.15, 0.2) is 41.0 Å².